The third-order valence-electron chi connectivity index (χ3n) is 4.59. The predicted octanol–water partition coefficient (Wildman–Crippen LogP) is 4.96. The number of hydrogen-bond donors (Lipinski definition) is 1. The van der Waals surface area contributed by atoms with Gasteiger partial charge in [-0.2, -0.15) is 0 Å². The largest absolute Gasteiger partial charge is 0.384 e. The summed E-state index contributed by atoms with van der Waals surface area (Å²) in [5, 5.41) is 1.85. The first-order chi connectivity index (χ1) is 16.9. The van der Waals surface area contributed by atoms with Gasteiger partial charge in [0.25, 0.3) is 0 Å². The number of nitrogens with two attached hydrogens (primary N) is 1. The summed E-state index contributed by atoms with van der Waals surface area (Å²) in [5.41, 5.74) is 6.57. The van der Waals surface area contributed by atoms with Crippen molar-refractivity contribution in [2.75, 3.05) is 5.73 Å². The van der Waals surface area contributed by atoms with E-state index >= 15 is 0 Å². The number of benzene rings is 1. The Morgan fingerprint density at radius 3 is 1.94 bits per heavy atom. The van der Waals surface area contributed by atoms with Gasteiger partial charge in [-0.15, -0.1) is 0 Å². The Morgan fingerprint density at radius 1 is 0.833 bits per heavy atom. The molecule has 4 aromatic heterocycles. The van der Waals surface area contributed by atoms with Crippen LogP contribution in [0, 0.1) is 49.4 Å². The Morgan fingerprint density at radius 2 is 1.36 bits per heavy atom. The van der Waals surface area contributed by atoms with Crippen LogP contribution in [0.4, 0.5) is 14.6 Å². The molecule has 36 heavy (non-hydrogen) atoms. The van der Waals surface area contributed by atoms with Crippen LogP contribution >= 0.6 is 11.6 Å². The molecule has 5 rings (SSSR count). The summed E-state index contributed by atoms with van der Waals surface area (Å²) in [7, 11) is 0. The molecular weight excluding hydrogens is 516 g/mol. The van der Waals surface area contributed by atoms with E-state index in [4.69, 9.17) is 10.5 Å². The number of ketones is 1. The number of carbonyl (C=O) groups excluding carboxylic acids is 2. The molecule has 0 aliphatic heterocycles. The van der Waals surface area contributed by atoms with Crippen LogP contribution in [-0.2, 0) is 11.2 Å². The zero-order chi connectivity index (χ0) is 25.2. The van der Waals surface area contributed by atoms with Gasteiger partial charge >= 0.3 is 0 Å². The van der Waals surface area contributed by atoms with Crippen LogP contribution in [0.1, 0.15) is 16.1 Å². The van der Waals surface area contributed by atoms with Gasteiger partial charge < -0.3 is 5.73 Å². The van der Waals surface area contributed by atoms with Gasteiger partial charge in [0.05, 0.1) is 17.7 Å². The van der Waals surface area contributed by atoms with Crippen LogP contribution in [0.3, 0.4) is 0 Å². The van der Waals surface area contributed by atoms with Crippen molar-refractivity contribution in [1.29, 1.82) is 0 Å². The average Bonchev–Trinajstić information content (AvgIpc) is 2.85. The minimum atomic E-state index is -0.862. The Labute approximate surface area is 239 Å². The van der Waals surface area contributed by atoms with Gasteiger partial charge in [0.1, 0.15) is 17.5 Å². The number of nitrogens with zero attached hydrogens (tertiary/aromatic N) is 4. The fourth-order valence-electron chi connectivity index (χ4n) is 3.08. The van der Waals surface area contributed by atoms with Crippen molar-refractivity contribution in [3.05, 3.63) is 102 Å². The van der Waals surface area contributed by atoms with Crippen molar-refractivity contribution in [2.45, 2.75) is 6.42 Å². The zero-order valence-electron chi connectivity index (χ0n) is 18.5. The number of fused-ring (bicyclic) bond motifs is 2. The van der Waals surface area contributed by atoms with E-state index in [2.05, 4.69) is 31.5 Å². The molecule has 2 N–H and O–H groups in total. The second-order valence-electron chi connectivity index (χ2n) is 6.92. The first kappa shape index (κ1) is 29.1. The molecule has 0 spiro atoms. The third-order valence-corrected chi connectivity index (χ3v) is 4.59. The van der Waals surface area contributed by atoms with Crippen LogP contribution in [0.5, 0.6) is 0 Å². The molecule has 0 aliphatic rings. The van der Waals surface area contributed by atoms with Crippen molar-refractivity contribution < 1.29 is 56.1 Å². The molecule has 0 bridgehead atoms. The molecule has 0 radical (unpaired) electrons. The summed E-state index contributed by atoms with van der Waals surface area (Å²) >= 11 is 4.32. The zero-order valence-corrected chi connectivity index (χ0v) is 19.9. The number of aromatic nitrogens is 4. The Kier molecular flexibility index (Phi) is 11.7. The van der Waals surface area contributed by atoms with E-state index in [1.807, 2.05) is 24.3 Å². The maximum Gasteiger partial charge on any atom is 0.208 e. The van der Waals surface area contributed by atoms with Crippen molar-refractivity contribution in [2.24, 2.45) is 0 Å². The first-order valence-corrected chi connectivity index (χ1v) is 10.6. The van der Waals surface area contributed by atoms with E-state index < -0.39 is 23.0 Å². The van der Waals surface area contributed by atoms with Crippen LogP contribution < -0.4 is 5.73 Å². The van der Waals surface area contributed by atoms with Gasteiger partial charge in [0.2, 0.25) is 5.75 Å². The number of carbonyl (C=O) groups is 2. The molecular formula is C25H18ArClF2N5O2. The standard InChI is InChI=1S/C16H10F2N2O.C8H7N3.CHClO.Ar/c17-12-4-1-5-13(18)15(12)14(21)9-11-7-6-10-3-2-8-19-16(10)20-11;9-7-4-3-6-2-1-5-10-8(6)11-7;2-1-3;/h1-8H,9H2;1-5H,(H2,9,10,11);1H;. The topological polar surface area (TPSA) is 112 Å². The SMILES string of the molecule is Nc1ccc2cccnc2n1.O=C(Cc1ccc2cccnc2n1)c1c(F)cccc1F.O=CCl.[Ar]. The van der Waals surface area contributed by atoms with Crippen LogP contribution in [0.25, 0.3) is 22.1 Å². The second kappa shape index (κ2) is 14.4. The van der Waals surface area contributed by atoms with E-state index in [0.717, 1.165) is 22.9 Å². The number of Topliss-reactive ketones (excluding diaryl/α,β-unsaturated/α-hetero) is 1. The maximum atomic E-state index is 13.6. The van der Waals surface area contributed by atoms with Gasteiger partial charge in [-0.3, -0.25) is 9.59 Å². The Bertz CT molecular complexity index is 1470. The molecule has 11 heteroatoms. The molecule has 0 saturated carbocycles. The molecule has 1 aromatic carbocycles. The molecule has 4 heterocycles. The van der Waals surface area contributed by atoms with Crippen molar-refractivity contribution in [3.8, 4) is 0 Å². The first-order valence-electron chi connectivity index (χ1n) is 10.1. The quantitative estimate of drug-likeness (QED) is 0.198. The summed E-state index contributed by atoms with van der Waals surface area (Å²) in [4.78, 5) is 37.0. The molecule has 0 fully saturated rings. The van der Waals surface area contributed by atoms with E-state index in [0.29, 0.717) is 22.8 Å². The van der Waals surface area contributed by atoms with Crippen molar-refractivity contribution in [1.82, 2.24) is 19.9 Å². The van der Waals surface area contributed by atoms with Crippen molar-refractivity contribution in [3.63, 3.8) is 0 Å². The molecule has 0 amide bonds. The summed E-state index contributed by atoms with van der Waals surface area (Å²) in [5.74, 6) is -1.64. The summed E-state index contributed by atoms with van der Waals surface area (Å²) in [6.07, 6.45) is 3.12. The molecule has 0 atom stereocenters. The van der Waals surface area contributed by atoms with E-state index in [-0.39, 0.29) is 49.9 Å². The Balaban J connectivity index is 0.000000256. The van der Waals surface area contributed by atoms with Gasteiger partial charge in [-0.05, 0) is 72.3 Å². The summed E-state index contributed by atoms with van der Waals surface area (Å²) in [6.45, 7) is 0. The number of hydrogen-bond acceptors (Lipinski definition) is 7. The van der Waals surface area contributed by atoms with E-state index in [1.54, 1.807) is 36.7 Å². The summed E-state index contributed by atoms with van der Waals surface area (Å²) < 4.78 is 27.1. The number of anilines is 1. The van der Waals surface area contributed by atoms with Gasteiger partial charge in [0, 0.05) is 60.9 Å². The molecule has 0 unspecified atom stereocenters. The van der Waals surface area contributed by atoms with E-state index in [9.17, 15) is 13.6 Å². The van der Waals surface area contributed by atoms with E-state index in [1.165, 1.54) is 6.07 Å². The predicted molar refractivity (Wildman–Crippen MR) is 130 cm³/mol. The molecule has 7 nitrogen and oxygen atoms in total. The third kappa shape index (κ3) is 7.96. The van der Waals surface area contributed by atoms with Crippen molar-refractivity contribution >= 4 is 51.0 Å². The van der Waals surface area contributed by atoms with Crippen LogP contribution in [0.2, 0.25) is 0 Å². The summed E-state index contributed by atoms with van der Waals surface area (Å²) in [6, 6.07) is 17.9. The molecule has 0 saturated heterocycles. The van der Waals surface area contributed by atoms with Crippen LogP contribution in [-0.4, -0.2) is 31.5 Å². The number of pyridine rings is 4. The fraction of sp³-hybridized carbons (Fsp3) is 0.0400. The monoisotopic (exact) mass is 533 g/mol. The maximum absolute atomic E-state index is 13.6. The minimum absolute atomic E-state index is 0. The minimum Gasteiger partial charge on any atom is -0.384 e. The van der Waals surface area contributed by atoms with Gasteiger partial charge in [-0.25, -0.2) is 28.7 Å². The Hall–Kier alpha value is -3.11. The normalized spacial score (nSPS) is 9.75. The fourth-order valence-corrected chi connectivity index (χ4v) is 3.08. The number of rotatable bonds is 3. The smallest absolute Gasteiger partial charge is 0.208 e. The average molecular weight is 534 g/mol. The van der Waals surface area contributed by atoms with Gasteiger partial charge in [0.15, 0.2) is 17.1 Å². The number of nitrogen functional groups attached to an aromatic ring is 1. The van der Waals surface area contributed by atoms with Gasteiger partial charge in [-0.1, -0.05) is 6.07 Å². The molecule has 5 aromatic rings. The number of halogens is 3. The molecule has 0 aliphatic carbocycles. The molecule has 184 valence electrons. The van der Waals surface area contributed by atoms with Crippen LogP contribution in [0.15, 0.2) is 79.1 Å². The second-order valence-corrected chi connectivity index (χ2v) is 7.10.